The first-order valence-corrected chi connectivity index (χ1v) is 7.85. The van der Waals surface area contributed by atoms with Gasteiger partial charge in [0.2, 0.25) is 0 Å². The van der Waals surface area contributed by atoms with Crippen LogP contribution in [-0.4, -0.2) is 27.9 Å². The van der Waals surface area contributed by atoms with Gasteiger partial charge in [-0.05, 0) is 43.7 Å². The van der Waals surface area contributed by atoms with Gasteiger partial charge in [0.25, 0.3) is 5.91 Å². The van der Waals surface area contributed by atoms with Crippen molar-refractivity contribution in [2.75, 3.05) is 5.32 Å². The highest BCUT2D eigenvalue weighted by Gasteiger charge is 2.22. The van der Waals surface area contributed by atoms with Gasteiger partial charge in [0.05, 0.1) is 5.56 Å². The summed E-state index contributed by atoms with van der Waals surface area (Å²) in [6.45, 7) is 3.59. The van der Waals surface area contributed by atoms with E-state index in [1.54, 1.807) is 37.3 Å². The molecule has 0 saturated heterocycles. The minimum Gasteiger partial charge on any atom is -0.449 e. The van der Waals surface area contributed by atoms with E-state index in [0.29, 0.717) is 28.9 Å². The zero-order valence-electron chi connectivity index (χ0n) is 13.9. The molecule has 2 aromatic heterocycles. The van der Waals surface area contributed by atoms with Crippen LogP contribution >= 0.6 is 0 Å². The summed E-state index contributed by atoms with van der Waals surface area (Å²) in [7, 11) is 0. The largest absolute Gasteiger partial charge is 0.449 e. The molecule has 1 atom stereocenters. The number of oxazole rings is 1. The molecule has 0 aliphatic heterocycles. The van der Waals surface area contributed by atoms with Gasteiger partial charge in [-0.2, -0.15) is 0 Å². The number of carbonyl (C=O) groups excluding carboxylic acids is 2. The Bertz CT molecular complexity index is 919. The maximum absolute atomic E-state index is 12.3. The summed E-state index contributed by atoms with van der Waals surface area (Å²) >= 11 is 0. The van der Waals surface area contributed by atoms with Crippen molar-refractivity contribution >= 4 is 28.8 Å². The summed E-state index contributed by atoms with van der Waals surface area (Å²) in [5, 5.41) is 2.66. The fourth-order valence-corrected chi connectivity index (χ4v) is 2.32. The van der Waals surface area contributed by atoms with E-state index in [4.69, 9.17) is 9.15 Å². The number of rotatable bonds is 5. The molecule has 3 aromatic rings. The molecule has 7 heteroatoms. The van der Waals surface area contributed by atoms with Gasteiger partial charge in [-0.1, -0.05) is 13.0 Å². The van der Waals surface area contributed by atoms with Gasteiger partial charge in [-0.3, -0.25) is 4.79 Å². The van der Waals surface area contributed by atoms with Gasteiger partial charge < -0.3 is 14.5 Å². The Morgan fingerprint density at radius 1 is 1.28 bits per heavy atom. The van der Waals surface area contributed by atoms with E-state index in [1.807, 2.05) is 13.0 Å². The van der Waals surface area contributed by atoms with Crippen molar-refractivity contribution in [1.82, 2.24) is 9.97 Å². The van der Waals surface area contributed by atoms with Gasteiger partial charge in [-0.25, -0.2) is 14.8 Å². The summed E-state index contributed by atoms with van der Waals surface area (Å²) in [4.78, 5) is 32.9. The monoisotopic (exact) mass is 339 g/mol. The fraction of sp³-hybridized carbons (Fsp3) is 0.222. The minimum absolute atomic E-state index is 0.307. The molecule has 0 bridgehead atoms. The highest BCUT2D eigenvalue weighted by molar-refractivity contribution is 5.98. The number of hydrogen-bond donors (Lipinski definition) is 1. The van der Waals surface area contributed by atoms with Crippen molar-refractivity contribution < 1.29 is 18.7 Å². The minimum atomic E-state index is -0.914. The number of nitrogens with one attached hydrogen (secondary N) is 1. The maximum Gasteiger partial charge on any atom is 0.338 e. The molecular formula is C18H17N3O4. The van der Waals surface area contributed by atoms with Crippen molar-refractivity contribution in [1.29, 1.82) is 0 Å². The number of ether oxygens (including phenoxy) is 1. The maximum atomic E-state index is 12.3. The molecular weight excluding hydrogens is 322 g/mol. The fourth-order valence-electron chi connectivity index (χ4n) is 2.32. The third kappa shape index (κ3) is 3.82. The molecule has 7 nitrogen and oxygen atoms in total. The van der Waals surface area contributed by atoms with Crippen molar-refractivity contribution in [3.8, 4) is 0 Å². The summed E-state index contributed by atoms with van der Waals surface area (Å²) in [6, 6.07) is 10.1. The number of fused-ring (bicyclic) bond motifs is 1. The van der Waals surface area contributed by atoms with E-state index in [2.05, 4.69) is 15.3 Å². The quantitative estimate of drug-likeness (QED) is 0.718. The van der Waals surface area contributed by atoms with Crippen LogP contribution < -0.4 is 5.32 Å². The van der Waals surface area contributed by atoms with E-state index < -0.39 is 18.0 Å². The van der Waals surface area contributed by atoms with E-state index in [-0.39, 0.29) is 0 Å². The van der Waals surface area contributed by atoms with Crippen LogP contribution in [0.1, 0.15) is 29.4 Å². The number of carbonyl (C=O) groups is 2. The molecule has 0 aliphatic carbocycles. The van der Waals surface area contributed by atoms with Gasteiger partial charge in [0.1, 0.15) is 11.3 Å². The number of pyridine rings is 1. The molecule has 0 fully saturated rings. The SMILES string of the molecule is CCC(OC(=O)c1ccc2ocnc2c1)C(=O)Nc1cccc(C)n1. The lowest BCUT2D eigenvalue weighted by Crippen LogP contribution is -2.32. The van der Waals surface area contributed by atoms with Crippen LogP contribution in [0.4, 0.5) is 5.82 Å². The molecule has 1 N–H and O–H groups in total. The van der Waals surface area contributed by atoms with E-state index in [9.17, 15) is 9.59 Å². The normalized spacial score (nSPS) is 11.9. The van der Waals surface area contributed by atoms with Gasteiger partial charge in [0, 0.05) is 5.69 Å². The van der Waals surface area contributed by atoms with Gasteiger partial charge in [-0.15, -0.1) is 0 Å². The standard InChI is InChI=1S/C18H17N3O4/c1-3-14(17(22)21-16-6-4-5-11(2)20-16)25-18(23)12-7-8-15-13(9-12)19-10-24-15/h4-10,14H,3H2,1-2H3,(H,20,21,22). The predicted molar refractivity (Wildman–Crippen MR) is 91.1 cm³/mol. The van der Waals surface area contributed by atoms with Crippen LogP contribution in [0.5, 0.6) is 0 Å². The molecule has 25 heavy (non-hydrogen) atoms. The van der Waals surface area contributed by atoms with Gasteiger partial charge in [0.15, 0.2) is 18.1 Å². The Hall–Kier alpha value is -3.22. The van der Waals surface area contributed by atoms with E-state index in [1.165, 1.54) is 6.39 Å². The van der Waals surface area contributed by atoms with Gasteiger partial charge >= 0.3 is 5.97 Å². The smallest absolute Gasteiger partial charge is 0.338 e. The molecule has 0 spiro atoms. The van der Waals surface area contributed by atoms with E-state index >= 15 is 0 Å². The Morgan fingerprint density at radius 2 is 2.12 bits per heavy atom. The number of aromatic nitrogens is 2. The molecule has 0 radical (unpaired) electrons. The predicted octanol–water partition coefficient (Wildman–Crippen LogP) is 3.11. The molecule has 128 valence electrons. The van der Waals surface area contributed by atoms with Crippen LogP contribution in [0.25, 0.3) is 11.1 Å². The van der Waals surface area contributed by atoms with Crippen LogP contribution in [0.3, 0.4) is 0 Å². The Morgan fingerprint density at radius 3 is 2.88 bits per heavy atom. The summed E-state index contributed by atoms with van der Waals surface area (Å²) < 4.78 is 10.5. The Labute approximate surface area is 144 Å². The topological polar surface area (TPSA) is 94.3 Å². The molecule has 2 heterocycles. The molecule has 1 aromatic carbocycles. The lowest BCUT2D eigenvalue weighted by atomic mass is 10.2. The van der Waals surface area contributed by atoms with Crippen molar-refractivity contribution in [3.05, 3.63) is 54.0 Å². The zero-order chi connectivity index (χ0) is 17.8. The number of nitrogens with zero attached hydrogens (tertiary/aromatic N) is 2. The zero-order valence-corrected chi connectivity index (χ0v) is 13.9. The van der Waals surface area contributed by atoms with Crippen molar-refractivity contribution in [3.63, 3.8) is 0 Å². The first kappa shape index (κ1) is 16.6. The average molecular weight is 339 g/mol. The first-order valence-electron chi connectivity index (χ1n) is 7.85. The van der Waals surface area contributed by atoms with Crippen LogP contribution in [0, 0.1) is 6.92 Å². The Balaban J connectivity index is 1.69. The summed E-state index contributed by atoms with van der Waals surface area (Å²) in [5.74, 6) is -0.593. The van der Waals surface area contributed by atoms with Crippen molar-refractivity contribution in [2.24, 2.45) is 0 Å². The number of esters is 1. The highest BCUT2D eigenvalue weighted by atomic mass is 16.5. The molecule has 1 unspecified atom stereocenters. The molecule has 1 amide bonds. The summed E-state index contributed by atoms with van der Waals surface area (Å²) in [6.07, 6.45) is 0.731. The summed E-state index contributed by atoms with van der Waals surface area (Å²) in [5.41, 5.74) is 2.22. The van der Waals surface area contributed by atoms with E-state index in [0.717, 1.165) is 5.69 Å². The van der Waals surface area contributed by atoms with Crippen LogP contribution in [0.15, 0.2) is 47.2 Å². The number of amides is 1. The molecule has 3 rings (SSSR count). The number of aryl methyl sites for hydroxylation is 1. The first-order chi connectivity index (χ1) is 12.1. The number of hydrogen-bond acceptors (Lipinski definition) is 6. The average Bonchev–Trinajstić information content (AvgIpc) is 3.07. The molecule has 0 aliphatic rings. The number of anilines is 1. The third-order valence-electron chi connectivity index (χ3n) is 3.62. The second-order valence-corrected chi connectivity index (χ2v) is 5.49. The number of benzene rings is 1. The lowest BCUT2D eigenvalue weighted by molar-refractivity contribution is -0.124. The highest BCUT2D eigenvalue weighted by Crippen LogP contribution is 2.16. The second kappa shape index (κ2) is 7.12. The van der Waals surface area contributed by atoms with Crippen LogP contribution in [-0.2, 0) is 9.53 Å². The van der Waals surface area contributed by atoms with Crippen molar-refractivity contribution in [2.45, 2.75) is 26.4 Å². The lowest BCUT2D eigenvalue weighted by Gasteiger charge is -2.16. The van der Waals surface area contributed by atoms with Crippen LogP contribution in [0.2, 0.25) is 0 Å². The Kier molecular flexibility index (Phi) is 4.74. The second-order valence-electron chi connectivity index (χ2n) is 5.49. The molecule has 0 saturated carbocycles. The third-order valence-corrected chi connectivity index (χ3v) is 3.62.